The third kappa shape index (κ3) is 2.95. The van der Waals surface area contributed by atoms with Crippen LogP contribution in [0.2, 0.25) is 0 Å². The Bertz CT molecular complexity index is 575. The molecule has 1 aromatic heterocycles. The van der Waals surface area contributed by atoms with Gasteiger partial charge in [-0.15, -0.1) is 0 Å². The third-order valence-corrected chi connectivity index (χ3v) is 3.56. The number of ether oxygens (including phenoxy) is 1. The maximum absolute atomic E-state index is 5.88. The zero-order chi connectivity index (χ0) is 13.9. The number of nitrogens with zero attached hydrogens (tertiary/aromatic N) is 2. The van der Waals surface area contributed by atoms with E-state index in [1.807, 2.05) is 24.5 Å². The summed E-state index contributed by atoms with van der Waals surface area (Å²) in [6.07, 6.45) is 7.52. The molecule has 20 heavy (non-hydrogen) atoms. The maximum atomic E-state index is 5.88. The van der Waals surface area contributed by atoms with Crippen LogP contribution in [0.3, 0.4) is 0 Å². The average molecular weight is 271 g/mol. The predicted molar refractivity (Wildman–Crippen MR) is 80.6 cm³/mol. The van der Waals surface area contributed by atoms with Crippen molar-refractivity contribution >= 4 is 5.95 Å². The van der Waals surface area contributed by atoms with E-state index in [1.54, 1.807) is 0 Å². The van der Waals surface area contributed by atoms with Crippen LogP contribution in [0.4, 0.5) is 5.95 Å². The molecule has 0 bridgehead atoms. The highest BCUT2D eigenvalue weighted by Crippen LogP contribution is 2.26. The van der Waals surface area contributed by atoms with Crippen molar-refractivity contribution in [3.05, 3.63) is 36.7 Å². The van der Waals surface area contributed by atoms with Crippen molar-refractivity contribution in [3.8, 4) is 11.4 Å². The van der Waals surface area contributed by atoms with Crippen molar-refractivity contribution in [1.29, 1.82) is 0 Å². The molecule has 2 aromatic rings. The number of imidazole rings is 1. The Balaban J connectivity index is 1.82. The Morgan fingerprint density at radius 3 is 3.05 bits per heavy atom. The van der Waals surface area contributed by atoms with Gasteiger partial charge < -0.3 is 10.1 Å². The van der Waals surface area contributed by atoms with E-state index in [1.165, 1.54) is 12.8 Å². The van der Waals surface area contributed by atoms with E-state index >= 15 is 0 Å². The molecule has 1 aliphatic rings. The zero-order valence-electron chi connectivity index (χ0n) is 12.0. The second-order valence-electron chi connectivity index (χ2n) is 5.37. The summed E-state index contributed by atoms with van der Waals surface area (Å²) in [5, 5.41) is 3.45. The molecule has 1 atom stereocenters. The molecule has 0 radical (unpaired) electrons. The molecule has 0 aliphatic heterocycles. The average Bonchev–Trinajstić information content (AvgIpc) is 3.15. The topological polar surface area (TPSA) is 39.1 Å². The first-order valence-corrected chi connectivity index (χ1v) is 7.33. The number of rotatable bonds is 6. The van der Waals surface area contributed by atoms with E-state index in [0.29, 0.717) is 6.04 Å². The first-order valence-electron chi connectivity index (χ1n) is 7.33. The molecule has 1 N–H and O–H groups in total. The van der Waals surface area contributed by atoms with Crippen LogP contribution >= 0.6 is 0 Å². The normalized spacial score (nSPS) is 15.9. The van der Waals surface area contributed by atoms with Crippen LogP contribution in [0.15, 0.2) is 36.7 Å². The molecule has 4 nitrogen and oxygen atoms in total. The van der Waals surface area contributed by atoms with Gasteiger partial charge in [0.2, 0.25) is 5.95 Å². The van der Waals surface area contributed by atoms with Gasteiger partial charge in [-0.2, -0.15) is 0 Å². The molecule has 1 unspecified atom stereocenters. The van der Waals surface area contributed by atoms with Gasteiger partial charge in [0.25, 0.3) is 0 Å². The summed E-state index contributed by atoms with van der Waals surface area (Å²) in [6, 6.07) is 8.75. The molecular formula is C16H21N3O. The molecule has 4 heteroatoms. The Morgan fingerprint density at radius 1 is 1.45 bits per heavy atom. The van der Waals surface area contributed by atoms with Gasteiger partial charge in [0.05, 0.1) is 11.8 Å². The lowest BCUT2D eigenvalue weighted by Crippen LogP contribution is -2.10. The number of hydrogen-bond acceptors (Lipinski definition) is 3. The highest BCUT2D eigenvalue weighted by atomic mass is 16.5. The summed E-state index contributed by atoms with van der Waals surface area (Å²) < 4.78 is 7.95. The third-order valence-electron chi connectivity index (χ3n) is 3.56. The van der Waals surface area contributed by atoms with E-state index in [-0.39, 0.29) is 6.10 Å². The molecule has 1 fully saturated rings. The summed E-state index contributed by atoms with van der Waals surface area (Å²) in [5.74, 6) is 1.82. The van der Waals surface area contributed by atoms with Gasteiger partial charge in [-0.1, -0.05) is 13.0 Å². The van der Waals surface area contributed by atoms with E-state index in [2.05, 4.69) is 40.8 Å². The van der Waals surface area contributed by atoms with Crippen molar-refractivity contribution in [2.24, 2.45) is 0 Å². The Labute approximate surface area is 119 Å². The van der Waals surface area contributed by atoms with Crippen molar-refractivity contribution in [2.75, 3.05) is 5.32 Å². The van der Waals surface area contributed by atoms with Gasteiger partial charge in [0, 0.05) is 24.5 Å². The Hall–Kier alpha value is -1.97. The van der Waals surface area contributed by atoms with E-state index < -0.39 is 0 Å². The van der Waals surface area contributed by atoms with Gasteiger partial charge in [0.1, 0.15) is 5.75 Å². The predicted octanol–water partition coefficient (Wildman–Crippen LogP) is 3.62. The first kappa shape index (κ1) is 13.0. The van der Waals surface area contributed by atoms with Gasteiger partial charge in [-0.25, -0.2) is 4.98 Å². The number of nitrogens with one attached hydrogen (secondary N) is 1. The van der Waals surface area contributed by atoms with Crippen LogP contribution in [-0.2, 0) is 0 Å². The standard InChI is InChI=1S/C16H21N3O/c1-3-12(2)20-15-6-4-5-14(11-15)19-10-9-17-16(19)18-13-7-8-13/h4-6,9-13H,3,7-8H2,1-2H3,(H,17,18). The minimum atomic E-state index is 0.233. The summed E-state index contributed by atoms with van der Waals surface area (Å²) in [4.78, 5) is 4.39. The number of hydrogen-bond donors (Lipinski definition) is 1. The van der Waals surface area contributed by atoms with Gasteiger partial charge in [-0.05, 0) is 38.3 Å². The summed E-state index contributed by atoms with van der Waals surface area (Å²) in [5.41, 5.74) is 1.08. The van der Waals surface area contributed by atoms with Crippen LogP contribution < -0.4 is 10.1 Å². The smallest absolute Gasteiger partial charge is 0.207 e. The molecule has 1 aliphatic carbocycles. The molecule has 1 heterocycles. The molecule has 0 spiro atoms. The minimum Gasteiger partial charge on any atom is -0.491 e. The van der Waals surface area contributed by atoms with Crippen LogP contribution in [-0.4, -0.2) is 21.7 Å². The summed E-state index contributed by atoms with van der Waals surface area (Å²) in [6.45, 7) is 4.21. The van der Waals surface area contributed by atoms with E-state index in [4.69, 9.17) is 4.74 Å². The summed E-state index contributed by atoms with van der Waals surface area (Å²) >= 11 is 0. The molecule has 0 amide bonds. The maximum Gasteiger partial charge on any atom is 0.207 e. The second kappa shape index (κ2) is 5.57. The fraction of sp³-hybridized carbons (Fsp3) is 0.438. The van der Waals surface area contributed by atoms with Gasteiger partial charge in [-0.3, -0.25) is 4.57 Å². The van der Waals surface area contributed by atoms with Crippen LogP contribution in [0, 0.1) is 0 Å². The molecular weight excluding hydrogens is 250 g/mol. The molecule has 0 saturated heterocycles. The second-order valence-corrected chi connectivity index (χ2v) is 5.37. The van der Waals surface area contributed by atoms with E-state index in [9.17, 15) is 0 Å². The molecule has 1 aromatic carbocycles. The monoisotopic (exact) mass is 271 g/mol. The minimum absolute atomic E-state index is 0.233. The van der Waals surface area contributed by atoms with Crippen molar-refractivity contribution in [3.63, 3.8) is 0 Å². The van der Waals surface area contributed by atoms with Crippen molar-refractivity contribution in [2.45, 2.75) is 45.3 Å². The first-order chi connectivity index (χ1) is 9.76. The quantitative estimate of drug-likeness (QED) is 0.872. The SMILES string of the molecule is CCC(C)Oc1cccc(-n2ccnc2NC2CC2)c1. The van der Waals surface area contributed by atoms with Crippen LogP contribution in [0.5, 0.6) is 5.75 Å². The van der Waals surface area contributed by atoms with Crippen LogP contribution in [0.1, 0.15) is 33.1 Å². The van der Waals surface area contributed by atoms with Gasteiger partial charge >= 0.3 is 0 Å². The highest BCUT2D eigenvalue weighted by molar-refractivity contribution is 5.46. The fourth-order valence-electron chi connectivity index (χ4n) is 2.05. The lowest BCUT2D eigenvalue weighted by atomic mass is 10.2. The Kier molecular flexibility index (Phi) is 3.63. The molecule has 3 rings (SSSR count). The lowest BCUT2D eigenvalue weighted by molar-refractivity contribution is 0.217. The number of benzene rings is 1. The van der Waals surface area contributed by atoms with Crippen molar-refractivity contribution < 1.29 is 4.74 Å². The molecule has 106 valence electrons. The largest absolute Gasteiger partial charge is 0.491 e. The summed E-state index contributed by atoms with van der Waals surface area (Å²) in [7, 11) is 0. The molecule has 1 saturated carbocycles. The zero-order valence-corrected chi connectivity index (χ0v) is 12.0. The Morgan fingerprint density at radius 2 is 2.30 bits per heavy atom. The fourth-order valence-corrected chi connectivity index (χ4v) is 2.05. The van der Waals surface area contributed by atoms with Crippen LogP contribution in [0.25, 0.3) is 5.69 Å². The van der Waals surface area contributed by atoms with Crippen molar-refractivity contribution in [1.82, 2.24) is 9.55 Å². The lowest BCUT2D eigenvalue weighted by Gasteiger charge is -2.14. The van der Waals surface area contributed by atoms with E-state index in [0.717, 1.165) is 23.8 Å². The highest BCUT2D eigenvalue weighted by Gasteiger charge is 2.22. The number of anilines is 1. The van der Waals surface area contributed by atoms with Gasteiger partial charge in [0.15, 0.2) is 0 Å². The number of aromatic nitrogens is 2.